The minimum Gasteiger partial charge on any atom is -0.508 e. The molecule has 0 aromatic heterocycles. The molecule has 4 nitrogen and oxygen atoms in total. The van der Waals surface area contributed by atoms with Gasteiger partial charge in [0.05, 0.1) is 0 Å². The first-order valence-corrected chi connectivity index (χ1v) is 11.1. The van der Waals surface area contributed by atoms with Crippen molar-refractivity contribution >= 4 is 8.32 Å². The molecule has 0 heterocycles. The van der Waals surface area contributed by atoms with E-state index in [-0.39, 0.29) is 32.7 Å². The van der Waals surface area contributed by atoms with Gasteiger partial charge in [-0.3, -0.25) is 0 Å². The molecule has 0 aliphatic rings. The Kier molecular flexibility index (Phi) is 27.5. The molecule has 0 atom stereocenters. The fourth-order valence-electron chi connectivity index (χ4n) is 2.32. The van der Waals surface area contributed by atoms with Crippen LogP contribution in [0.4, 0.5) is 0 Å². The van der Waals surface area contributed by atoms with Crippen LogP contribution < -0.4 is 0 Å². The maximum Gasteiger partial charge on any atom is 0.188 e. The third-order valence-electron chi connectivity index (χ3n) is 3.74. The zero-order chi connectivity index (χ0) is 16.0. The molecule has 0 saturated heterocycles. The normalized spacial score (nSPS) is 9.50. The van der Waals surface area contributed by atoms with E-state index in [9.17, 15) is 4.80 Å². The second kappa shape index (κ2) is 20.9. The van der Waals surface area contributed by atoms with E-state index >= 15 is 0 Å². The van der Waals surface area contributed by atoms with Crippen LogP contribution in [0.2, 0.25) is 18.1 Å². The number of benzene rings is 1. The Balaban J connectivity index is -0.000000171. The molecule has 0 bridgehead atoms. The van der Waals surface area contributed by atoms with Gasteiger partial charge in [0.25, 0.3) is 0 Å². The summed E-state index contributed by atoms with van der Waals surface area (Å²) in [7, 11) is -1.81. The van der Waals surface area contributed by atoms with E-state index in [0.29, 0.717) is 5.75 Å². The van der Waals surface area contributed by atoms with Gasteiger partial charge >= 0.3 is 0 Å². The molecule has 0 saturated carbocycles. The van der Waals surface area contributed by atoms with E-state index in [1.54, 1.807) is 24.3 Å². The summed E-state index contributed by atoms with van der Waals surface area (Å²) in [5.41, 5.74) is 0. The van der Waals surface area contributed by atoms with Gasteiger partial charge in [0.2, 0.25) is 0 Å². The number of unbranched alkanes of at least 4 members (excludes halogenated alkanes) is 3. The molecular formula is C18H38O4SiTi. The Hall–Kier alpha value is -0.169. The summed E-state index contributed by atoms with van der Waals surface area (Å²) in [5.74, 6) is 0.322. The maximum absolute atomic E-state index is 10.5. The molecule has 1 aromatic rings. The summed E-state index contributed by atoms with van der Waals surface area (Å²) in [6.45, 7) is 6.65. The number of phenolic OH excluding ortho intramolecular Hbond substituents is 1. The van der Waals surface area contributed by atoms with Gasteiger partial charge < -0.3 is 20.9 Å². The Morgan fingerprint density at radius 3 is 1.29 bits per heavy atom. The quantitative estimate of drug-likeness (QED) is 0.617. The van der Waals surface area contributed by atoms with Gasteiger partial charge in [0.15, 0.2) is 8.32 Å². The van der Waals surface area contributed by atoms with Gasteiger partial charge in [0, 0.05) is 21.7 Å². The van der Waals surface area contributed by atoms with Crippen LogP contribution in [0, 0.1) is 0 Å². The van der Waals surface area contributed by atoms with Gasteiger partial charge in [0.1, 0.15) is 5.75 Å². The first-order chi connectivity index (χ1) is 10.1. The Morgan fingerprint density at radius 2 is 1.08 bits per heavy atom. The molecule has 6 heteroatoms. The SMILES string of the molecule is CCCC[Si](O)(CCCC)CCCC.O.O.Oc1ccccc1.[Ti]. The second-order valence-electron chi connectivity index (χ2n) is 5.87. The van der Waals surface area contributed by atoms with Gasteiger partial charge in [-0.1, -0.05) is 77.5 Å². The molecule has 142 valence electrons. The topological polar surface area (TPSA) is 103 Å². The third kappa shape index (κ3) is 18.2. The van der Waals surface area contributed by atoms with Crippen LogP contribution in [-0.4, -0.2) is 29.2 Å². The molecule has 0 radical (unpaired) electrons. The molecule has 6 N–H and O–H groups in total. The standard InChI is InChI=1S/C12H28OSi.C6H6O.2H2O.Ti/c1-4-7-10-14(13,11-8-5-2)12-9-6-3;7-6-4-2-1-3-5-6;;;/h13H,4-12H2,1-3H3;1-5,7H;2*1H2;. The summed E-state index contributed by atoms with van der Waals surface area (Å²) >= 11 is 0. The number of hydrogen-bond donors (Lipinski definition) is 2. The van der Waals surface area contributed by atoms with E-state index < -0.39 is 8.32 Å². The zero-order valence-corrected chi connectivity index (χ0v) is 18.2. The number of aromatic hydroxyl groups is 1. The van der Waals surface area contributed by atoms with Crippen molar-refractivity contribution in [3.05, 3.63) is 30.3 Å². The number of hydrogen-bond acceptors (Lipinski definition) is 2. The molecule has 0 aliphatic heterocycles. The van der Waals surface area contributed by atoms with E-state index in [4.69, 9.17) is 5.11 Å². The van der Waals surface area contributed by atoms with Crippen LogP contribution in [0.25, 0.3) is 0 Å². The minimum atomic E-state index is -1.81. The van der Waals surface area contributed by atoms with Gasteiger partial charge in [-0.25, -0.2) is 0 Å². The van der Waals surface area contributed by atoms with E-state index in [2.05, 4.69) is 20.8 Å². The summed E-state index contributed by atoms with van der Waals surface area (Å²) in [5, 5.41) is 8.63. The van der Waals surface area contributed by atoms with Gasteiger partial charge in [-0.15, -0.1) is 0 Å². The number of phenols is 1. The molecule has 0 fully saturated rings. The van der Waals surface area contributed by atoms with Crippen molar-refractivity contribution in [2.45, 2.75) is 77.4 Å². The molecule has 24 heavy (non-hydrogen) atoms. The zero-order valence-electron chi connectivity index (χ0n) is 15.6. The summed E-state index contributed by atoms with van der Waals surface area (Å²) in [4.78, 5) is 10.5. The van der Waals surface area contributed by atoms with Crippen LogP contribution >= 0.6 is 0 Å². The molecular weight excluding hydrogens is 356 g/mol. The molecule has 0 spiro atoms. The van der Waals surface area contributed by atoms with Crippen molar-refractivity contribution in [1.29, 1.82) is 0 Å². The van der Waals surface area contributed by atoms with E-state index in [0.717, 1.165) is 18.1 Å². The summed E-state index contributed by atoms with van der Waals surface area (Å²) < 4.78 is 0. The van der Waals surface area contributed by atoms with E-state index in [1.807, 2.05) is 6.07 Å². The number of para-hydroxylation sites is 1. The van der Waals surface area contributed by atoms with Crippen LogP contribution in [0.5, 0.6) is 5.75 Å². The maximum atomic E-state index is 10.5. The molecule has 1 rings (SSSR count). The monoisotopic (exact) mass is 394 g/mol. The Bertz CT molecular complexity index is 317. The average molecular weight is 394 g/mol. The van der Waals surface area contributed by atoms with Crippen molar-refractivity contribution in [2.75, 3.05) is 0 Å². The summed E-state index contributed by atoms with van der Waals surface area (Å²) in [6, 6.07) is 12.1. The predicted octanol–water partition coefficient (Wildman–Crippen LogP) is 4.06. The first kappa shape index (κ1) is 31.6. The van der Waals surface area contributed by atoms with Crippen molar-refractivity contribution in [3.63, 3.8) is 0 Å². The largest absolute Gasteiger partial charge is 0.508 e. The second-order valence-corrected chi connectivity index (χ2v) is 9.82. The molecule has 0 aliphatic carbocycles. The fourth-order valence-corrected chi connectivity index (χ4v) is 6.11. The predicted molar refractivity (Wildman–Crippen MR) is 102 cm³/mol. The Morgan fingerprint density at radius 1 is 0.750 bits per heavy atom. The van der Waals surface area contributed by atoms with Gasteiger partial charge in [-0.2, -0.15) is 0 Å². The van der Waals surface area contributed by atoms with E-state index in [1.165, 1.54) is 38.5 Å². The third-order valence-corrected chi connectivity index (χ3v) is 7.60. The van der Waals surface area contributed by atoms with Crippen LogP contribution in [-0.2, 0) is 21.7 Å². The van der Waals surface area contributed by atoms with Crippen molar-refractivity contribution in [3.8, 4) is 5.75 Å². The molecule has 0 amide bonds. The Labute approximate surface area is 164 Å². The number of rotatable bonds is 9. The minimum absolute atomic E-state index is 0. The van der Waals surface area contributed by atoms with Crippen molar-refractivity contribution in [1.82, 2.24) is 0 Å². The van der Waals surface area contributed by atoms with Crippen molar-refractivity contribution < 1.29 is 42.6 Å². The van der Waals surface area contributed by atoms with Crippen LogP contribution in [0.15, 0.2) is 30.3 Å². The first-order valence-electron chi connectivity index (χ1n) is 8.54. The summed E-state index contributed by atoms with van der Waals surface area (Å²) in [6.07, 6.45) is 7.39. The average Bonchev–Trinajstić information content (AvgIpc) is 2.51. The fraction of sp³-hybridized carbons (Fsp3) is 0.667. The van der Waals surface area contributed by atoms with Gasteiger partial charge in [-0.05, 0) is 30.3 Å². The molecule has 0 unspecified atom stereocenters. The smallest absolute Gasteiger partial charge is 0.188 e. The van der Waals surface area contributed by atoms with Crippen LogP contribution in [0.3, 0.4) is 0 Å². The van der Waals surface area contributed by atoms with Crippen molar-refractivity contribution in [2.24, 2.45) is 0 Å². The molecule has 1 aromatic carbocycles. The van der Waals surface area contributed by atoms with Crippen LogP contribution in [0.1, 0.15) is 59.3 Å².